The molecule has 1 fully saturated rings. The van der Waals surface area contributed by atoms with E-state index in [0.29, 0.717) is 5.52 Å². The summed E-state index contributed by atoms with van der Waals surface area (Å²) in [5, 5.41) is 20.8. The number of nitro groups is 1. The minimum absolute atomic E-state index is 0.0300. The molecule has 9 nitrogen and oxygen atoms in total. The van der Waals surface area contributed by atoms with Crippen molar-refractivity contribution in [2.45, 2.75) is 18.9 Å². The van der Waals surface area contributed by atoms with Gasteiger partial charge in [-0.3, -0.25) is 14.9 Å². The number of aromatic carboxylic acids is 1. The van der Waals surface area contributed by atoms with E-state index in [4.69, 9.17) is 0 Å². The average Bonchev–Trinajstić information content (AvgIpc) is 3.27. The molecule has 9 heteroatoms. The Labute approximate surface area is 139 Å². The summed E-state index contributed by atoms with van der Waals surface area (Å²) in [6.45, 7) is 0. The smallest absolute Gasteiger partial charge is 0.341 e. The largest absolute Gasteiger partial charge is 0.477 e. The van der Waals surface area contributed by atoms with Gasteiger partial charge in [-0.2, -0.15) is 0 Å². The molecule has 126 valence electrons. The second-order valence-corrected chi connectivity index (χ2v) is 5.90. The highest BCUT2D eigenvalue weighted by Gasteiger charge is 2.28. The average molecular weight is 340 g/mol. The molecule has 3 aromatic rings. The summed E-state index contributed by atoms with van der Waals surface area (Å²) in [5.41, 5.74) is -0.644. The third-order valence-electron chi connectivity index (χ3n) is 4.28. The van der Waals surface area contributed by atoms with Crippen molar-refractivity contribution < 1.29 is 14.8 Å². The van der Waals surface area contributed by atoms with E-state index in [-0.39, 0.29) is 28.4 Å². The van der Waals surface area contributed by atoms with Gasteiger partial charge >= 0.3 is 5.97 Å². The lowest BCUT2D eigenvalue weighted by atomic mass is 10.1. The first-order valence-electron chi connectivity index (χ1n) is 7.56. The van der Waals surface area contributed by atoms with Crippen molar-refractivity contribution in [3.05, 3.63) is 63.0 Å². The van der Waals surface area contributed by atoms with Crippen molar-refractivity contribution in [2.24, 2.45) is 0 Å². The fourth-order valence-corrected chi connectivity index (χ4v) is 2.94. The zero-order valence-electron chi connectivity index (χ0n) is 12.8. The van der Waals surface area contributed by atoms with Crippen LogP contribution in [0.2, 0.25) is 0 Å². The summed E-state index contributed by atoms with van der Waals surface area (Å²) in [5.74, 6) is -1.34. The van der Waals surface area contributed by atoms with E-state index in [1.54, 1.807) is 16.8 Å². The van der Waals surface area contributed by atoms with Crippen molar-refractivity contribution >= 4 is 22.6 Å². The van der Waals surface area contributed by atoms with E-state index in [2.05, 4.69) is 4.98 Å². The van der Waals surface area contributed by atoms with Crippen LogP contribution in [0, 0.1) is 10.1 Å². The standard InChI is InChI=1S/C16H12N4O5/c21-15-10-5-14(20(24)25)13(18-4-3-17-8-18)6-12(10)19(9-1-2-9)7-11(15)16(22)23/h3-9H,1-2H2,(H,22,23). The van der Waals surface area contributed by atoms with E-state index in [9.17, 15) is 24.8 Å². The predicted octanol–water partition coefficient (Wildman–Crippen LogP) is 2.13. The van der Waals surface area contributed by atoms with Crippen molar-refractivity contribution in [3.63, 3.8) is 0 Å². The lowest BCUT2D eigenvalue weighted by Gasteiger charge is -2.13. The molecule has 1 N–H and O–H groups in total. The van der Waals surface area contributed by atoms with Gasteiger partial charge in [-0.1, -0.05) is 0 Å². The maximum Gasteiger partial charge on any atom is 0.341 e. The Balaban J connectivity index is 2.13. The molecular weight excluding hydrogens is 328 g/mol. The van der Waals surface area contributed by atoms with E-state index >= 15 is 0 Å². The molecule has 0 saturated heterocycles. The molecule has 1 aliphatic rings. The summed E-state index contributed by atoms with van der Waals surface area (Å²) >= 11 is 0. The molecule has 2 heterocycles. The number of nitro benzene ring substituents is 1. The molecular formula is C16H12N4O5. The van der Waals surface area contributed by atoms with Gasteiger partial charge < -0.3 is 14.2 Å². The van der Waals surface area contributed by atoms with E-state index in [1.165, 1.54) is 23.3 Å². The number of hydrogen-bond donors (Lipinski definition) is 1. The number of carboxylic acid groups (broad SMARTS) is 1. The molecule has 0 radical (unpaired) electrons. The Morgan fingerprint density at radius 3 is 2.68 bits per heavy atom. The topological polar surface area (TPSA) is 120 Å². The fourth-order valence-electron chi connectivity index (χ4n) is 2.94. The first-order valence-corrected chi connectivity index (χ1v) is 7.56. The Morgan fingerprint density at radius 1 is 1.36 bits per heavy atom. The van der Waals surface area contributed by atoms with Gasteiger partial charge in [-0.25, -0.2) is 9.78 Å². The Hall–Kier alpha value is -3.49. The molecule has 0 bridgehead atoms. The number of hydrogen-bond acceptors (Lipinski definition) is 5. The highest BCUT2D eigenvalue weighted by atomic mass is 16.6. The van der Waals surface area contributed by atoms with Gasteiger partial charge in [0.15, 0.2) is 0 Å². The van der Waals surface area contributed by atoms with Crippen molar-refractivity contribution in [3.8, 4) is 5.69 Å². The third kappa shape index (κ3) is 2.36. The first-order chi connectivity index (χ1) is 12.0. The molecule has 1 aromatic carbocycles. The van der Waals surface area contributed by atoms with Crippen LogP contribution in [-0.4, -0.2) is 30.1 Å². The van der Waals surface area contributed by atoms with Gasteiger partial charge in [-0.05, 0) is 18.9 Å². The minimum atomic E-state index is -1.34. The summed E-state index contributed by atoms with van der Waals surface area (Å²) < 4.78 is 3.22. The number of rotatable bonds is 4. The third-order valence-corrected chi connectivity index (χ3v) is 4.28. The van der Waals surface area contributed by atoms with Crippen LogP contribution in [-0.2, 0) is 0 Å². The van der Waals surface area contributed by atoms with Crippen LogP contribution >= 0.6 is 0 Å². The number of fused-ring (bicyclic) bond motifs is 1. The zero-order valence-corrected chi connectivity index (χ0v) is 12.8. The number of carboxylic acids is 1. The molecule has 1 aliphatic carbocycles. The van der Waals surface area contributed by atoms with Crippen molar-refractivity contribution in [2.75, 3.05) is 0 Å². The van der Waals surface area contributed by atoms with E-state index < -0.39 is 16.3 Å². The van der Waals surface area contributed by atoms with Crippen LogP contribution < -0.4 is 5.43 Å². The SMILES string of the molecule is O=C(O)c1cn(C2CC2)c2cc(-n3ccnc3)c([N+](=O)[O-])cc2c1=O. The second-order valence-electron chi connectivity index (χ2n) is 5.90. The van der Waals surface area contributed by atoms with Crippen LogP contribution in [0.3, 0.4) is 0 Å². The van der Waals surface area contributed by atoms with Crippen LogP contribution in [0.4, 0.5) is 5.69 Å². The lowest BCUT2D eigenvalue weighted by Crippen LogP contribution is -2.19. The van der Waals surface area contributed by atoms with Gasteiger partial charge in [0.1, 0.15) is 11.3 Å². The normalized spacial score (nSPS) is 13.9. The quantitative estimate of drug-likeness (QED) is 0.574. The molecule has 25 heavy (non-hydrogen) atoms. The number of nitrogens with zero attached hydrogens (tertiary/aromatic N) is 4. The van der Waals surface area contributed by atoms with Gasteiger partial charge in [0, 0.05) is 30.7 Å². The van der Waals surface area contributed by atoms with Gasteiger partial charge in [0.05, 0.1) is 22.2 Å². The molecule has 0 unspecified atom stereocenters. The summed E-state index contributed by atoms with van der Waals surface area (Å²) in [4.78, 5) is 38.6. The van der Waals surface area contributed by atoms with E-state index in [1.807, 2.05) is 0 Å². The van der Waals surface area contributed by atoms with E-state index in [0.717, 1.165) is 18.9 Å². The molecule has 0 spiro atoms. The zero-order chi connectivity index (χ0) is 17.7. The van der Waals surface area contributed by atoms with Gasteiger partial charge in [0.2, 0.25) is 5.43 Å². The molecule has 0 amide bonds. The summed E-state index contributed by atoms with van der Waals surface area (Å²) in [7, 11) is 0. The summed E-state index contributed by atoms with van der Waals surface area (Å²) in [6, 6.07) is 2.79. The number of benzene rings is 1. The minimum Gasteiger partial charge on any atom is -0.477 e. The Bertz CT molecular complexity index is 1080. The monoisotopic (exact) mass is 340 g/mol. The molecule has 1 saturated carbocycles. The number of carbonyl (C=O) groups is 1. The van der Waals surface area contributed by atoms with Crippen molar-refractivity contribution in [1.82, 2.24) is 14.1 Å². The maximum absolute atomic E-state index is 12.5. The highest BCUT2D eigenvalue weighted by molar-refractivity contribution is 5.94. The Kier molecular flexibility index (Phi) is 3.17. The van der Waals surface area contributed by atoms with Crippen LogP contribution in [0.1, 0.15) is 29.2 Å². The fraction of sp³-hybridized carbons (Fsp3) is 0.188. The molecule has 0 atom stereocenters. The predicted molar refractivity (Wildman–Crippen MR) is 87.2 cm³/mol. The molecule has 2 aromatic heterocycles. The number of pyridine rings is 1. The highest BCUT2D eigenvalue weighted by Crippen LogP contribution is 2.38. The summed E-state index contributed by atoms with van der Waals surface area (Å²) in [6.07, 6.45) is 7.56. The van der Waals surface area contributed by atoms with Gasteiger partial charge in [0.25, 0.3) is 5.69 Å². The molecule has 0 aliphatic heterocycles. The molecule has 4 rings (SSSR count). The maximum atomic E-state index is 12.5. The number of imidazole rings is 1. The Morgan fingerprint density at radius 2 is 2.12 bits per heavy atom. The second kappa shape index (κ2) is 5.26. The van der Waals surface area contributed by atoms with Crippen LogP contribution in [0.25, 0.3) is 16.6 Å². The van der Waals surface area contributed by atoms with Crippen LogP contribution in [0.15, 0.2) is 41.8 Å². The van der Waals surface area contributed by atoms with Crippen molar-refractivity contribution in [1.29, 1.82) is 0 Å². The van der Waals surface area contributed by atoms with Crippen LogP contribution in [0.5, 0.6) is 0 Å². The van der Waals surface area contributed by atoms with Gasteiger partial charge in [-0.15, -0.1) is 0 Å². The number of aromatic nitrogens is 3. The first kappa shape index (κ1) is 15.1. The lowest BCUT2D eigenvalue weighted by molar-refractivity contribution is -0.384.